The van der Waals surface area contributed by atoms with Gasteiger partial charge in [0.2, 0.25) is 0 Å². The van der Waals surface area contributed by atoms with Crippen molar-refractivity contribution in [2.24, 2.45) is 5.73 Å². The van der Waals surface area contributed by atoms with Gasteiger partial charge in [-0.15, -0.1) is 13.2 Å². The molecular formula is C20H17F3N4O2. The van der Waals surface area contributed by atoms with Gasteiger partial charge in [0.25, 0.3) is 0 Å². The number of aromatic nitrogens is 2. The lowest BCUT2D eigenvalue weighted by atomic mass is 9.98. The summed E-state index contributed by atoms with van der Waals surface area (Å²) in [7, 11) is 0. The third-order valence-corrected chi connectivity index (χ3v) is 4.70. The zero-order valence-electron chi connectivity index (χ0n) is 15.2. The predicted octanol–water partition coefficient (Wildman–Crippen LogP) is 4.01. The van der Waals surface area contributed by atoms with Gasteiger partial charge in [0.15, 0.2) is 0 Å². The smallest absolute Gasteiger partial charge is 0.406 e. The van der Waals surface area contributed by atoms with Crippen molar-refractivity contribution in [1.29, 1.82) is 0 Å². The molecule has 1 aliphatic rings. The van der Waals surface area contributed by atoms with Crippen LogP contribution < -0.4 is 10.5 Å². The van der Waals surface area contributed by atoms with Crippen LogP contribution in [0.5, 0.6) is 5.75 Å². The standard InChI is InChI=1S/C20H17F3N4O2/c21-20(22,23)29-15-8-4-7-14(11-15)17-16-12-26(19(24)28)9-10-27(16)25-18(17)13-5-2-1-3-6-13/h1-8,11H,9-10,12H2,(H2,24,28). The highest BCUT2D eigenvalue weighted by Crippen LogP contribution is 2.38. The highest BCUT2D eigenvalue weighted by Gasteiger charge is 2.32. The summed E-state index contributed by atoms with van der Waals surface area (Å²) >= 11 is 0. The number of alkyl halides is 3. The van der Waals surface area contributed by atoms with Crippen molar-refractivity contribution in [3.63, 3.8) is 0 Å². The lowest BCUT2D eigenvalue weighted by Gasteiger charge is -2.26. The quantitative estimate of drug-likeness (QED) is 0.720. The lowest BCUT2D eigenvalue weighted by Crippen LogP contribution is -2.41. The molecule has 0 radical (unpaired) electrons. The Bertz CT molecular complexity index is 1050. The SMILES string of the molecule is NC(=O)N1CCn2nc(-c3ccccc3)c(-c3cccc(OC(F)(F)F)c3)c2C1. The minimum absolute atomic E-state index is 0.217. The Kier molecular flexibility index (Phi) is 4.65. The van der Waals surface area contributed by atoms with Gasteiger partial charge in [0.05, 0.1) is 18.8 Å². The molecule has 6 nitrogen and oxygen atoms in total. The zero-order chi connectivity index (χ0) is 20.6. The highest BCUT2D eigenvalue weighted by molar-refractivity contribution is 5.84. The first-order valence-corrected chi connectivity index (χ1v) is 8.87. The van der Waals surface area contributed by atoms with Gasteiger partial charge in [-0.3, -0.25) is 4.68 Å². The second-order valence-electron chi connectivity index (χ2n) is 6.59. The fraction of sp³-hybridized carbons (Fsp3) is 0.200. The number of halogens is 3. The number of hydrogen-bond acceptors (Lipinski definition) is 3. The summed E-state index contributed by atoms with van der Waals surface area (Å²) in [6.07, 6.45) is -4.79. The van der Waals surface area contributed by atoms with E-state index in [1.807, 2.05) is 30.3 Å². The van der Waals surface area contributed by atoms with Crippen molar-refractivity contribution in [1.82, 2.24) is 14.7 Å². The molecule has 0 bridgehead atoms. The molecule has 29 heavy (non-hydrogen) atoms. The minimum Gasteiger partial charge on any atom is -0.406 e. The molecule has 0 aliphatic carbocycles. The maximum atomic E-state index is 12.7. The molecule has 1 aliphatic heterocycles. The van der Waals surface area contributed by atoms with E-state index in [1.54, 1.807) is 10.7 Å². The number of hydrogen-bond donors (Lipinski definition) is 1. The fourth-order valence-corrected chi connectivity index (χ4v) is 3.46. The van der Waals surface area contributed by atoms with Crippen LogP contribution >= 0.6 is 0 Å². The molecule has 1 aromatic heterocycles. The van der Waals surface area contributed by atoms with E-state index in [4.69, 9.17) is 5.73 Å². The number of urea groups is 1. The Morgan fingerprint density at radius 1 is 1.03 bits per heavy atom. The third kappa shape index (κ3) is 3.89. The number of primary amides is 1. The van der Waals surface area contributed by atoms with Crippen molar-refractivity contribution >= 4 is 6.03 Å². The van der Waals surface area contributed by atoms with Crippen molar-refractivity contribution in [2.75, 3.05) is 6.54 Å². The second-order valence-corrected chi connectivity index (χ2v) is 6.59. The molecule has 2 aromatic carbocycles. The first-order chi connectivity index (χ1) is 13.8. The molecule has 3 aromatic rings. The van der Waals surface area contributed by atoms with E-state index in [9.17, 15) is 18.0 Å². The molecule has 0 spiro atoms. The third-order valence-electron chi connectivity index (χ3n) is 4.70. The van der Waals surface area contributed by atoms with Gasteiger partial charge in [0, 0.05) is 17.7 Å². The van der Waals surface area contributed by atoms with Crippen LogP contribution in [0.2, 0.25) is 0 Å². The van der Waals surface area contributed by atoms with Gasteiger partial charge in [-0.05, 0) is 17.7 Å². The maximum Gasteiger partial charge on any atom is 0.573 e. The van der Waals surface area contributed by atoms with E-state index < -0.39 is 12.4 Å². The van der Waals surface area contributed by atoms with Crippen LogP contribution in [0, 0.1) is 0 Å². The number of carbonyl (C=O) groups excluding carboxylic acids is 1. The molecule has 4 rings (SSSR count). The fourth-order valence-electron chi connectivity index (χ4n) is 3.46. The molecule has 2 heterocycles. The van der Waals surface area contributed by atoms with E-state index in [0.717, 1.165) is 5.56 Å². The van der Waals surface area contributed by atoms with Crippen LogP contribution in [-0.4, -0.2) is 33.6 Å². The van der Waals surface area contributed by atoms with Crippen LogP contribution in [-0.2, 0) is 13.1 Å². The molecule has 150 valence electrons. The van der Waals surface area contributed by atoms with Gasteiger partial charge in [0.1, 0.15) is 11.4 Å². The number of ether oxygens (including phenoxy) is 1. The molecule has 0 unspecified atom stereocenters. The average molecular weight is 402 g/mol. The zero-order valence-corrected chi connectivity index (χ0v) is 15.2. The Balaban J connectivity index is 1.86. The number of rotatable bonds is 3. The van der Waals surface area contributed by atoms with Gasteiger partial charge in [-0.25, -0.2) is 4.79 Å². The molecule has 9 heteroatoms. The van der Waals surface area contributed by atoms with Crippen molar-refractivity contribution in [3.05, 3.63) is 60.3 Å². The summed E-state index contributed by atoms with van der Waals surface area (Å²) in [5.41, 5.74) is 8.74. The highest BCUT2D eigenvalue weighted by atomic mass is 19.4. The summed E-state index contributed by atoms with van der Waals surface area (Å²) in [5, 5.41) is 4.67. The molecule has 0 atom stereocenters. The number of carbonyl (C=O) groups is 1. The topological polar surface area (TPSA) is 73.4 Å². The van der Waals surface area contributed by atoms with E-state index in [0.29, 0.717) is 35.6 Å². The van der Waals surface area contributed by atoms with Crippen molar-refractivity contribution < 1.29 is 22.7 Å². The average Bonchev–Trinajstić information content (AvgIpc) is 3.06. The van der Waals surface area contributed by atoms with E-state index >= 15 is 0 Å². The monoisotopic (exact) mass is 402 g/mol. The first-order valence-electron chi connectivity index (χ1n) is 8.87. The number of benzene rings is 2. The van der Waals surface area contributed by atoms with Crippen molar-refractivity contribution in [3.8, 4) is 28.1 Å². The van der Waals surface area contributed by atoms with E-state index in [2.05, 4.69) is 9.84 Å². The van der Waals surface area contributed by atoms with Crippen LogP contribution in [0.1, 0.15) is 5.69 Å². The van der Waals surface area contributed by atoms with Crippen LogP contribution in [0.4, 0.5) is 18.0 Å². The largest absolute Gasteiger partial charge is 0.573 e. The Morgan fingerprint density at radius 2 is 1.76 bits per heavy atom. The number of amides is 2. The van der Waals surface area contributed by atoms with Crippen LogP contribution in [0.3, 0.4) is 0 Å². The van der Waals surface area contributed by atoms with Gasteiger partial charge < -0.3 is 15.4 Å². The normalized spacial score (nSPS) is 13.8. The van der Waals surface area contributed by atoms with Crippen LogP contribution in [0.25, 0.3) is 22.4 Å². The summed E-state index contributed by atoms with van der Waals surface area (Å²) < 4.78 is 43.9. The predicted molar refractivity (Wildman–Crippen MR) is 99.8 cm³/mol. The summed E-state index contributed by atoms with van der Waals surface area (Å²) in [5.74, 6) is -0.323. The second kappa shape index (κ2) is 7.16. The molecule has 2 N–H and O–H groups in total. The Morgan fingerprint density at radius 3 is 2.45 bits per heavy atom. The number of nitrogens with zero attached hydrogens (tertiary/aromatic N) is 3. The van der Waals surface area contributed by atoms with Gasteiger partial charge in [-0.1, -0.05) is 42.5 Å². The summed E-state index contributed by atoms with van der Waals surface area (Å²) in [4.78, 5) is 13.2. The molecule has 0 saturated carbocycles. The Hall–Kier alpha value is -3.49. The first kappa shape index (κ1) is 18.9. The number of nitrogens with two attached hydrogens (primary N) is 1. The van der Waals surface area contributed by atoms with Crippen LogP contribution in [0.15, 0.2) is 54.6 Å². The number of fused-ring (bicyclic) bond motifs is 1. The van der Waals surface area contributed by atoms with Crippen molar-refractivity contribution in [2.45, 2.75) is 19.5 Å². The molecule has 2 amide bonds. The van der Waals surface area contributed by atoms with E-state index in [1.165, 1.54) is 23.1 Å². The summed E-state index contributed by atoms with van der Waals surface area (Å²) in [6.45, 7) is 1.07. The van der Waals surface area contributed by atoms with Gasteiger partial charge in [-0.2, -0.15) is 5.10 Å². The van der Waals surface area contributed by atoms with E-state index in [-0.39, 0.29) is 12.3 Å². The minimum atomic E-state index is -4.79. The maximum absolute atomic E-state index is 12.7. The Labute approximate surface area is 164 Å². The molecule has 0 saturated heterocycles. The lowest BCUT2D eigenvalue weighted by molar-refractivity contribution is -0.274. The molecule has 0 fully saturated rings. The van der Waals surface area contributed by atoms with Gasteiger partial charge >= 0.3 is 12.4 Å². The summed E-state index contributed by atoms with van der Waals surface area (Å²) in [6, 6.07) is 14.5. The molecular weight excluding hydrogens is 385 g/mol.